The first-order valence-corrected chi connectivity index (χ1v) is 13.4. The largest absolute Gasteiger partial charge is 0.391 e. The Morgan fingerprint density at radius 3 is 2.39 bits per heavy atom. The standard InChI is InChI=1S/C14H12ClN3O.C11H13ClN2.C4H10O/c1-9-10-6-12(15)11(7-13(10)17-8-16-9)14(19)18-4-2-3-5-18;1-3-7(2)11-13-9-5-4-8(12)6-10(9)14-11;1-4(2,3)5/h2-3,6-8H,4-5H2,1H3;4-7H,3H2,1-2H3,(H,13,14);5H,1-3H3. The van der Waals surface area contributed by atoms with Crippen LogP contribution in [0.3, 0.4) is 0 Å². The second kappa shape index (κ2) is 12.7. The molecule has 0 aliphatic carbocycles. The van der Waals surface area contributed by atoms with Crippen molar-refractivity contribution in [1.29, 1.82) is 0 Å². The minimum absolute atomic E-state index is 0.0619. The molecule has 0 fully saturated rings. The van der Waals surface area contributed by atoms with E-state index < -0.39 is 5.60 Å². The van der Waals surface area contributed by atoms with Gasteiger partial charge in [0.2, 0.25) is 0 Å². The van der Waals surface area contributed by atoms with E-state index in [0.717, 1.165) is 44.9 Å². The molecular weight excluding hydrogens is 521 g/mol. The lowest BCUT2D eigenvalue weighted by atomic mass is 10.1. The van der Waals surface area contributed by atoms with Gasteiger partial charge in [0.05, 0.1) is 32.7 Å². The number of H-pyrrole nitrogens is 1. The smallest absolute Gasteiger partial charge is 0.256 e. The number of benzene rings is 2. The molecule has 0 radical (unpaired) electrons. The van der Waals surface area contributed by atoms with Crippen LogP contribution in [0.1, 0.15) is 68.8 Å². The fraction of sp³-hybridized carbons (Fsp3) is 0.379. The third kappa shape index (κ3) is 8.00. The van der Waals surface area contributed by atoms with Crippen LogP contribution in [0.4, 0.5) is 0 Å². The fourth-order valence-corrected chi connectivity index (χ4v) is 4.03. The number of hydrogen-bond acceptors (Lipinski definition) is 5. The highest BCUT2D eigenvalue weighted by Crippen LogP contribution is 2.26. The Kier molecular flexibility index (Phi) is 9.88. The lowest BCUT2D eigenvalue weighted by Crippen LogP contribution is -2.28. The summed E-state index contributed by atoms with van der Waals surface area (Å²) in [6.07, 6.45) is 6.53. The van der Waals surface area contributed by atoms with Gasteiger partial charge in [-0.25, -0.2) is 15.0 Å². The number of hydrogen-bond donors (Lipinski definition) is 2. The minimum Gasteiger partial charge on any atom is -0.391 e. The first-order chi connectivity index (χ1) is 17.9. The summed E-state index contributed by atoms with van der Waals surface area (Å²) in [7, 11) is 0. The van der Waals surface area contributed by atoms with E-state index >= 15 is 0 Å². The summed E-state index contributed by atoms with van der Waals surface area (Å²) in [5.41, 5.74) is 3.61. The second-order valence-corrected chi connectivity index (χ2v) is 11.1. The zero-order valence-electron chi connectivity index (χ0n) is 22.7. The van der Waals surface area contributed by atoms with E-state index in [9.17, 15) is 4.79 Å². The molecule has 38 heavy (non-hydrogen) atoms. The summed E-state index contributed by atoms with van der Waals surface area (Å²) in [6, 6.07) is 9.23. The summed E-state index contributed by atoms with van der Waals surface area (Å²) in [4.78, 5) is 30.2. The van der Waals surface area contributed by atoms with Gasteiger partial charge in [0.1, 0.15) is 12.2 Å². The molecule has 5 rings (SSSR count). The van der Waals surface area contributed by atoms with Gasteiger partial charge in [0, 0.05) is 35.1 Å². The van der Waals surface area contributed by atoms with Crippen molar-refractivity contribution in [1.82, 2.24) is 24.8 Å². The van der Waals surface area contributed by atoms with Crippen LogP contribution in [0.2, 0.25) is 10.0 Å². The van der Waals surface area contributed by atoms with Crippen molar-refractivity contribution in [3.8, 4) is 0 Å². The summed E-state index contributed by atoms with van der Waals surface area (Å²) >= 11 is 12.1. The van der Waals surface area contributed by atoms with Crippen LogP contribution in [0.25, 0.3) is 21.9 Å². The topological polar surface area (TPSA) is 95.0 Å². The average Bonchev–Trinajstić information content (AvgIpc) is 3.53. The van der Waals surface area contributed by atoms with Gasteiger partial charge in [-0.1, -0.05) is 49.2 Å². The Morgan fingerprint density at radius 1 is 1.11 bits per heavy atom. The van der Waals surface area contributed by atoms with Gasteiger partial charge in [-0.3, -0.25) is 4.79 Å². The molecule has 0 spiro atoms. The van der Waals surface area contributed by atoms with E-state index in [1.807, 2.05) is 37.3 Å². The van der Waals surface area contributed by atoms with Gasteiger partial charge in [-0.05, 0) is 64.4 Å². The fourth-order valence-electron chi connectivity index (χ4n) is 3.61. The average molecular weight is 557 g/mol. The molecule has 0 saturated heterocycles. The number of fused-ring (bicyclic) bond motifs is 2. The molecule has 4 aromatic rings. The molecule has 0 saturated carbocycles. The zero-order chi connectivity index (χ0) is 28.0. The highest BCUT2D eigenvalue weighted by molar-refractivity contribution is 6.34. The maximum Gasteiger partial charge on any atom is 0.256 e. The first-order valence-electron chi connectivity index (χ1n) is 12.6. The maximum atomic E-state index is 12.4. The molecule has 2 aromatic heterocycles. The van der Waals surface area contributed by atoms with Crippen LogP contribution in [-0.2, 0) is 0 Å². The molecule has 9 heteroatoms. The molecule has 1 amide bonds. The monoisotopic (exact) mass is 555 g/mol. The number of aliphatic hydroxyl groups is 1. The van der Waals surface area contributed by atoms with Gasteiger partial charge >= 0.3 is 0 Å². The van der Waals surface area contributed by atoms with Crippen LogP contribution in [-0.4, -0.2) is 54.5 Å². The number of rotatable bonds is 3. The van der Waals surface area contributed by atoms with Gasteiger partial charge in [0.15, 0.2) is 0 Å². The van der Waals surface area contributed by atoms with Gasteiger partial charge < -0.3 is 15.0 Å². The number of aryl methyl sites for hydroxylation is 1. The molecule has 3 heterocycles. The lowest BCUT2D eigenvalue weighted by molar-refractivity contribution is 0.0800. The molecule has 2 aromatic carbocycles. The minimum atomic E-state index is -0.500. The predicted octanol–water partition coefficient (Wildman–Crippen LogP) is 7.11. The Morgan fingerprint density at radius 2 is 1.76 bits per heavy atom. The van der Waals surface area contributed by atoms with Crippen LogP contribution < -0.4 is 0 Å². The summed E-state index contributed by atoms with van der Waals surface area (Å²) in [6.45, 7) is 12.7. The van der Waals surface area contributed by atoms with Crippen molar-refractivity contribution >= 4 is 51.0 Å². The summed E-state index contributed by atoms with van der Waals surface area (Å²) < 4.78 is 0. The van der Waals surface area contributed by atoms with E-state index in [1.54, 1.807) is 37.8 Å². The molecule has 202 valence electrons. The number of amides is 1. The number of carbonyl (C=O) groups excluding carboxylic acids is 1. The molecular formula is C29H35Cl2N5O2. The van der Waals surface area contributed by atoms with E-state index in [-0.39, 0.29) is 5.91 Å². The zero-order valence-corrected chi connectivity index (χ0v) is 24.2. The molecule has 1 atom stereocenters. The number of halogens is 2. The van der Waals surface area contributed by atoms with Crippen molar-refractivity contribution in [2.45, 2.75) is 59.5 Å². The number of carbonyl (C=O) groups is 1. The SMILES string of the molecule is CC(C)(C)O.CCC(C)c1nc2ccc(Cl)cc2[nH]1.Cc1ncnc2cc(C(=O)N3CC=CC3)c(Cl)cc12. The third-order valence-electron chi connectivity index (χ3n) is 5.80. The van der Waals surface area contributed by atoms with E-state index in [0.29, 0.717) is 29.6 Å². The van der Waals surface area contributed by atoms with Gasteiger partial charge in [-0.15, -0.1) is 0 Å². The van der Waals surface area contributed by atoms with Gasteiger partial charge in [0.25, 0.3) is 5.91 Å². The highest BCUT2D eigenvalue weighted by atomic mass is 35.5. The van der Waals surface area contributed by atoms with Crippen molar-refractivity contribution in [3.63, 3.8) is 0 Å². The second-order valence-electron chi connectivity index (χ2n) is 10.3. The van der Waals surface area contributed by atoms with E-state index in [1.165, 1.54) is 6.33 Å². The molecule has 1 unspecified atom stereocenters. The van der Waals surface area contributed by atoms with Crippen molar-refractivity contribution < 1.29 is 9.90 Å². The molecule has 7 nitrogen and oxygen atoms in total. The molecule has 0 bridgehead atoms. The summed E-state index contributed by atoms with van der Waals surface area (Å²) in [5.74, 6) is 1.46. The molecule has 2 N–H and O–H groups in total. The molecule has 1 aliphatic rings. The Hall–Kier alpha value is -3.00. The van der Waals surface area contributed by atoms with Crippen molar-refractivity contribution in [3.05, 3.63) is 75.9 Å². The van der Waals surface area contributed by atoms with Crippen LogP contribution in [0.5, 0.6) is 0 Å². The first kappa shape index (κ1) is 29.6. The number of aromatic nitrogens is 4. The quantitative estimate of drug-likeness (QED) is 0.262. The van der Waals surface area contributed by atoms with Crippen molar-refractivity contribution in [2.24, 2.45) is 0 Å². The maximum absolute atomic E-state index is 12.4. The summed E-state index contributed by atoms with van der Waals surface area (Å²) in [5, 5.41) is 10.6. The van der Waals surface area contributed by atoms with Crippen LogP contribution in [0.15, 0.2) is 48.8 Å². The Bertz CT molecular complexity index is 1430. The Labute approximate surface area is 233 Å². The number of imidazole rings is 1. The lowest BCUT2D eigenvalue weighted by Gasteiger charge is -2.16. The Balaban J connectivity index is 0.000000185. The predicted molar refractivity (Wildman–Crippen MR) is 156 cm³/mol. The third-order valence-corrected chi connectivity index (χ3v) is 6.35. The van der Waals surface area contributed by atoms with Crippen LogP contribution in [0, 0.1) is 6.92 Å². The number of aromatic amines is 1. The highest BCUT2D eigenvalue weighted by Gasteiger charge is 2.20. The van der Waals surface area contributed by atoms with E-state index in [4.69, 9.17) is 28.3 Å². The number of nitrogens with one attached hydrogen (secondary N) is 1. The van der Waals surface area contributed by atoms with Crippen LogP contribution >= 0.6 is 23.2 Å². The van der Waals surface area contributed by atoms with Crippen molar-refractivity contribution in [2.75, 3.05) is 13.1 Å². The van der Waals surface area contributed by atoms with E-state index in [2.05, 4.69) is 33.8 Å². The number of nitrogens with zero attached hydrogens (tertiary/aromatic N) is 4. The van der Waals surface area contributed by atoms with Gasteiger partial charge in [-0.2, -0.15) is 0 Å². The normalized spacial score (nSPS) is 13.7. The molecule has 1 aliphatic heterocycles.